The quantitative estimate of drug-likeness (QED) is 0.374. The van der Waals surface area contributed by atoms with Crippen LogP contribution in [0.5, 0.6) is 5.75 Å². The third kappa shape index (κ3) is 5.60. The second-order valence-corrected chi connectivity index (χ2v) is 7.47. The van der Waals surface area contributed by atoms with Crippen LogP contribution in [0.4, 0.5) is 0 Å². The molecule has 162 valence electrons. The molecule has 0 saturated carbocycles. The van der Waals surface area contributed by atoms with Gasteiger partial charge in [-0.2, -0.15) is 0 Å². The fourth-order valence-corrected chi connectivity index (χ4v) is 3.61. The third-order valence-corrected chi connectivity index (χ3v) is 5.52. The molecule has 8 nitrogen and oxygen atoms in total. The summed E-state index contributed by atoms with van der Waals surface area (Å²) in [6.07, 6.45) is 4.31. The molecular formula is C22H33N7O. The van der Waals surface area contributed by atoms with Crippen molar-refractivity contribution >= 4 is 5.96 Å². The van der Waals surface area contributed by atoms with Crippen LogP contribution >= 0.6 is 0 Å². The topological polar surface area (TPSA) is 79.6 Å². The summed E-state index contributed by atoms with van der Waals surface area (Å²) < 4.78 is 7.28. The molecule has 1 unspecified atom stereocenters. The van der Waals surface area contributed by atoms with Gasteiger partial charge in [0.25, 0.3) is 0 Å². The Morgan fingerprint density at radius 2 is 1.97 bits per heavy atom. The maximum absolute atomic E-state index is 5.32. The Morgan fingerprint density at radius 1 is 1.23 bits per heavy atom. The Labute approximate surface area is 179 Å². The molecule has 1 aliphatic heterocycles. The molecule has 0 bridgehead atoms. The summed E-state index contributed by atoms with van der Waals surface area (Å²) in [5.41, 5.74) is 1.28. The lowest BCUT2D eigenvalue weighted by atomic mass is 10.1. The lowest BCUT2D eigenvalue weighted by molar-refractivity contribution is 0.245. The number of ether oxygens (including phenoxy) is 1. The molecule has 1 aromatic carbocycles. The van der Waals surface area contributed by atoms with Gasteiger partial charge in [0.2, 0.25) is 0 Å². The van der Waals surface area contributed by atoms with Gasteiger partial charge < -0.3 is 19.9 Å². The normalized spacial score (nSPS) is 15.8. The first kappa shape index (κ1) is 21.8. The molecule has 30 heavy (non-hydrogen) atoms. The molecule has 2 heterocycles. The number of guanidine groups is 1. The van der Waals surface area contributed by atoms with Gasteiger partial charge >= 0.3 is 0 Å². The zero-order valence-corrected chi connectivity index (χ0v) is 18.3. The van der Waals surface area contributed by atoms with Gasteiger partial charge in [-0.05, 0) is 50.6 Å². The standard InChI is InChI=1S/C22H33N7O/c1-5-12-23-22(25-16-21-27-26-17(2)28(21)3)24-15-20(29-13-6-7-14-29)18-8-10-19(30-4)11-9-18/h5,8-11,20H,1,6-7,12-16H2,2-4H3,(H2,23,24,25). The van der Waals surface area contributed by atoms with Crippen LogP contribution in [0.3, 0.4) is 0 Å². The Kier molecular flexibility index (Phi) is 7.84. The molecule has 1 aliphatic rings. The van der Waals surface area contributed by atoms with Crippen molar-refractivity contribution in [2.75, 3.05) is 33.3 Å². The highest BCUT2D eigenvalue weighted by Gasteiger charge is 2.23. The minimum atomic E-state index is 0.270. The van der Waals surface area contributed by atoms with Crippen LogP contribution < -0.4 is 15.4 Å². The van der Waals surface area contributed by atoms with Gasteiger partial charge in [0.1, 0.15) is 18.1 Å². The van der Waals surface area contributed by atoms with Crippen LogP contribution in [0.1, 0.15) is 36.1 Å². The maximum atomic E-state index is 5.32. The summed E-state index contributed by atoms with van der Waals surface area (Å²) in [6, 6.07) is 8.63. The van der Waals surface area contributed by atoms with E-state index >= 15 is 0 Å². The minimum absolute atomic E-state index is 0.270. The predicted octanol–water partition coefficient (Wildman–Crippen LogP) is 2.19. The van der Waals surface area contributed by atoms with E-state index in [0.717, 1.165) is 43.0 Å². The van der Waals surface area contributed by atoms with Crippen LogP contribution in [0.25, 0.3) is 0 Å². The predicted molar refractivity (Wildman–Crippen MR) is 120 cm³/mol. The summed E-state index contributed by atoms with van der Waals surface area (Å²) in [7, 11) is 3.65. The van der Waals surface area contributed by atoms with E-state index in [2.05, 4.69) is 44.4 Å². The second-order valence-electron chi connectivity index (χ2n) is 7.47. The third-order valence-electron chi connectivity index (χ3n) is 5.52. The molecule has 1 fully saturated rings. The summed E-state index contributed by atoms with van der Waals surface area (Å²) >= 11 is 0. The first-order chi connectivity index (χ1) is 14.6. The smallest absolute Gasteiger partial charge is 0.192 e. The number of aliphatic imine (C=N–C) groups is 1. The van der Waals surface area contributed by atoms with Gasteiger partial charge in [-0.1, -0.05) is 18.2 Å². The van der Waals surface area contributed by atoms with E-state index in [0.29, 0.717) is 13.1 Å². The van der Waals surface area contributed by atoms with E-state index in [4.69, 9.17) is 9.73 Å². The molecule has 0 amide bonds. The van der Waals surface area contributed by atoms with Crippen molar-refractivity contribution in [2.45, 2.75) is 32.4 Å². The van der Waals surface area contributed by atoms with E-state index in [1.54, 1.807) is 7.11 Å². The number of hydrogen-bond acceptors (Lipinski definition) is 5. The van der Waals surface area contributed by atoms with Gasteiger partial charge in [0, 0.05) is 20.1 Å². The Morgan fingerprint density at radius 3 is 2.57 bits per heavy atom. The van der Waals surface area contributed by atoms with Gasteiger partial charge in [-0.25, -0.2) is 4.99 Å². The van der Waals surface area contributed by atoms with Crippen molar-refractivity contribution in [3.05, 3.63) is 54.1 Å². The number of likely N-dealkylation sites (tertiary alicyclic amines) is 1. The highest BCUT2D eigenvalue weighted by molar-refractivity contribution is 5.79. The maximum Gasteiger partial charge on any atom is 0.192 e. The van der Waals surface area contributed by atoms with Crippen LogP contribution in [-0.2, 0) is 13.6 Å². The SMILES string of the molecule is C=CCNC(=NCc1nnc(C)n1C)NCC(c1ccc(OC)cc1)N1CCCC1. The van der Waals surface area contributed by atoms with Crippen LogP contribution in [0.15, 0.2) is 41.9 Å². The van der Waals surface area contributed by atoms with Crippen molar-refractivity contribution in [1.29, 1.82) is 0 Å². The Balaban J connectivity index is 1.72. The van der Waals surface area contributed by atoms with Crippen molar-refractivity contribution in [3.63, 3.8) is 0 Å². The largest absolute Gasteiger partial charge is 0.497 e. The van der Waals surface area contributed by atoms with Gasteiger partial charge in [0.15, 0.2) is 11.8 Å². The van der Waals surface area contributed by atoms with Crippen LogP contribution in [-0.4, -0.2) is 58.9 Å². The van der Waals surface area contributed by atoms with Gasteiger partial charge in [-0.15, -0.1) is 16.8 Å². The number of methoxy groups -OCH3 is 1. The van der Waals surface area contributed by atoms with E-state index in [1.165, 1.54) is 18.4 Å². The summed E-state index contributed by atoms with van der Waals surface area (Å²) in [5, 5.41) is 15.1. The Hall–Kier alpha value is -2.87. The fraction of sp³-hybridized carbons (Fsp3) is 0.500. The summed E-state index contributed by atoms with van der Waals surface area (Å²) in [4.78, 5) is 7.24. The van der Waals surface area contributed by atoms with E-state index < -0.39 is 0 Å². The zero-order chi connectivity index (χ0) is 21.3. The molecule has 0 aliphatic carbocycles. The molecule has 1 aromatic heterocycles. The lowest BCUT2D eigenvalue weighted by Gasteiger charge is -2.29. The van der Waals surface area contributed by atoms with E-state index in [-0.39, 0.29) is 6.04 Å². The van der Waals surface area contributed by atoms with Crippen LogP contribution in [0, 0.1) is 6.92 Å². The minimum Gasteiger partial charge on any atom is -0.497 e. The van der Waals surface area contributed by atoms with E-state index in [1.807, 2.05) is 36.7 Å². The molecule has 2 aromatic rings. The van der Waals surface area contributed by atoms with Crippen molar-refractivity contribution < 1.29 is 4.74 Å². The van der Waals surface area contributed by atoms with Crippen molar-refractivity contribution in [1.82, 2.24) is 30.3 Å². The molecule has 0 radical (unpaired) electrons. The van der Waals surface area contributed by atoms with Crippen molar-refractivity contribution in [3.8, 4) is 5.75 Å². The van der Waals surface area contributed by atoms with E-state index in [9.17, 15) is 0 Å². The molecule has 1 atom stereocenters. The Bertz CT molecular complexity index is 838. The molecule has 2 N–H and O–H groups in total. The fourth-order valence-electron chi connectivity index (χ4n) is 3.61. The highest BCUT2D eigenvalue weighted by atomic mass is 16.5. The average Bonchev–Trinajstić information content (AvgIpc) is 3.41. The van der Waals surface area contributed by atoms with Crippen LogP contribution in [0.2, 0.25) is 0 Å². The molecule has 3 rings (SSSR count). The van der Waals surface area contributed by atoms with Crippen molar-refractivity contribution in [2.24, 2.45) is 12.0 Å². The van der Waals surface area contributed by atoms with Gasteiger partial charge in [-0.3, -0.25) is 4.90 Å². The number of benzene rings is 1. The molecular weight excluding hydrogens is 378 g/mol. The number of nitrogens with zero attached hydrogens (tertiary/aromatic N) is 5. The summed E-state index contributed by atoms with van der Waals surface area (Å²) in [5.74, 6) is 3.33. The average molecular weight is 412 g/mol. The first-order valence-corrected chi connectivity index (χ1v) is 10.5. The number of aromatic nitrogens is 3. The number of aryl methyl sites for hydroxylation is 1. The molecule has 8 heteroatoms. The highest BCUT2D eigenvalue weighted by Crippen LogP contribution is 2.26. The molecule has 0 spiro atoms. The number of hydrogen-bond donors (Lipinski definition) is 2. The lowest BCUT2D eigenvalue weighted by Crippen LogP contribution is -2.42. The monoisotopic (exact) mass is 411 g/mol. The molecule has 1 saturated heterocycles. The number of nitrogens with one attached hydrogen (secondary N) is 2. The second kappa shape index (κ2) is 10.8. The van der Waals surface area contributed by atoms with Gasteiger partial charge in [0.05, 0.1) is 13.2 Å². The number of rotatable bonds is 9. The first-order valence-electron chi connectivity index (χ1n) is 10.5. The summed E-state index contributed by atoms with van der Waals surface area (Å²) in [6.45, 7) is 9.82. The zero-order valence-electron chi connectivity index (χ0n) is 18.3.